The number of esters is 2. The van der Waals surface area contributed by atoms with Crippen LogP contribution < -0.4 is 0 Å². The Morgan fingerprint density at radius 1 is 1.50 bits per heavy atom. The van der Waals surface area contributed by atoms with Gasteiger partial charge >= 0.3 is 11.9 Å². The van der Waals surface area contributed by atoms with Crippen LogP contribution in [0.1, 0.15) is 13.3 Å². The monoisotopic (exact) mass is 176 g/mol. The molecule has 0 radical (unpaired) electrons. The molecule has 0 aromatic rings. The van der Waals surface area contributed by atoms with Crippen LogP contribution in [0.3, 0.4) is 0 Å². The number of carbonyl (C=O) groups is 2. The van der Waals surface area contributed by atoms with Gasteiger partial charge in [-0.15, -0.1) is 0 Å². The van der Waals surface area contributed by atoms with Crippen LogP contribution in [-0.4, -0.2) is 36.9 Å². The van der Waals surface area contributed by atoms with Gasteiger partial charge < -0.3 is 14.6 Å². The van der Waals surface area contributed by atoms with Gasteiger partial charge in [-0.2, -0.15) is 0 Å². The molecule has 0 aromatic carbocycles. The summed E-state index contributed by atoms with van der Waals surface area (Å²) in [6.45, 7) is 1.79. The summed E-state index contributed by atoms with van der Waals surface area (Å²) >= 11 is 0. The van der Waals surface area contributed by atoms with Crippen molar-refractivity contribution in [1.29, 1.82) is 0 Å². The largest absolute Gasteiger partial charge is 0.469 e. The van der Waals surface area contributed by atoms with Crippen LogP contribution in [0.5, 0.6) is 0 Å². The number of aliphatic hydroxyl groups excluding tert-OH is 1. The van der Waals surface area contributed by atoms with Crippen molar-refractivity contribution in [3.63, 3.8) is 0 Å². The molecule has 0 aliphatic rings. The fourth-order valence-electron chi connectivity index (χ4n) is 0.563. The second kappa shape index (κ2) is 5.54. The van der Waals surface area contributed by atoms with Gasteiger partial charge in [0.1, 0.15) is 0 Å². The van der Waals surface area contributed by atoms with Crippen LogP contribution in [0.4, 0.5) is 0 Å². The van der Waals surface area contributed by atoms with E-state index in [2.05, 4.69) is 9.47 Å². The summed E-state index contributed by atoms with van der Waals surface area (Å²) in [5.74, 6) is -1.45. The summed E-state index contributed by atoms with van der Waals surface area (Å²) in [7, 11) is 1.18. The summed E-state index contributed by atoms with van der Waals surface area (Å²) in [5, 5.41) is 8.97. The van der Waals surface area contributed by atoms with Crippen LogP contribution in [0.2, 0.25) is 0 Å². The van der Waals surface area contributed by atoms with Gasteiger partial charge in [-0.3, -0.25) is 4.79 Å². The summed E-state index contributed by atoms with van der Waals surface area (Å²) in [5.41, 5.74) is 0. The standard InChI is InChI=1S/C7H12O5/c1-3-12-7(10)5(8)4-6(9)11-2/h5,8H,3-4H2,1-2H3. The van der Waals surface area contributed by atoms with E-state index in [1.54, 1.807) is 6.92 Å². The minimum absolute atomic E-state index is 0.178. The maximum Gasteiger partial charge on any atom is 0.335 e. The molecule has 0 heterocycles. The van der Waals surface area contributed by atoms with Crippen molar-refractivity contribution in [2.75, 3.05) is 13.7 Å². The zero-order chi connectivity index (χ0) is 9.56. The van der Waals surface area contributed by atoms with Gasteiger partial charge in [0.15, 0.2) is 6.10 Å². The van der Waals surface area contributed by atoms with Crippen molar-refractivity contribution >= 4 is 11.9 Å². The highest BCUT2D eigenvalue weighted by Crippen LogP contribution is 1.96. The van der Waals surface area contributed by atoms with E-state index in [4.69, 9.17) is 5.11 Å². The average molecular weight is 176 g/mol. The van der Waals surface area contributed by atoms with E-state index in [1.165, 1.54) is 7.11 Å². The van der Waals surface area contributed by atoms with Gasteiger partial charge in [0.05, 0.1) is 20.1 Å². The third-order valence-corrected chi connectivity index (χ3v) is 1.15. The van der Waals surface area contributed by atoms with Gasteiger partial charge in [-0.1, -0.05) is 0 Å². The molecule has 12 heavy (non-hydrogen) atoms. The van der Waals surface area contributed by atoms with Crippen molar-refractivity contribution < 1.29 is 24.2 Å². The molecule has 5 heteroatoms. The molecule has 1 atom stereocenters. The van der Waals surface area contributed by atoms with Crippen LogP contribution in [0, 0.1) is 0 Å². The molecular weight excluding hydrogens is 164 g/mol. The van der Waals surface area contributed by atoms with Gasteiger partial charge in [-0.05, 0) is 6.92 Å². The van der Waals surface area contributed by atoms with Crippen molar-refractivity contribution in [1.82, 2.24) is 0 Å². The summed E-state index contributed by atoms with van der Waals surface area (Å²) < 4.78 is 8.69. The van der Waals surface area contributed by atoms with Crippen molar-refractivity contribution in [3.8, 4) is 0 Å². The van der Waals surface area contributed by atoms with E-state index in [0.29, 0.717) is 0 Å². The second-order valence-electron chi connectivity index (χ2n) is 2.05. The molecule has 0 fully saturated rings. The van der Waals surface area contributed by atoms with Gasteiger partial charge in [0.2, 0.25) is 0 Å². The molecule has 0 saturated heterocycles. The smallest absolute Gasteiger partial charge is 0.335 e. The van der Waals surface area contributed by atoms with Gasteiger partial charge in [0.25, 0.3) is 0 Å². The van der Waals surface area contributed by atoms with Gasteiger partial charge in [0, 0.05) is 0 Å². The zero-order valence-electron chi connectivity index (χ0n) is 7.07. The summed E-state index contributed by atoms with van der Waals surface area (Å²) in [6, 6.07) is 0. The molecule has 5 nitrogen and oxygen atoms in total. The molecule has 0 spiro atoms. The fraction of sp³-hybridized carbons (Fsp3) is 0.714. The highest BCUT2D eigenvalue weighted by atomic mass is 16.5. The molecule has 0 saturated carbocycles. The Hall–Kier alpha value is -1.10. The normalized spacial score (nSPS) is 11.9. The quantitative estimate of drug-likeness (QED) is 0.583. The Kier molecular flexibility index (Phi) is 5.03. The number of hydrogen-bond acceptors (Lipinski definition) is 5. The lowest BCUT2D eigenvalue weighted by molar-refractivity contribution is -0.158. The van der Waals surface area contributed by atoms with Crippen LogP contribution >= 0.6 is 0 Å². The fourth-order valence-corrected chi connectivity index (χ4v) is 0.563. The molecule has 1 unspecified atom stereocenters. The molecule has 0 rings (SSSR count). The minimum atomic E-state index is -1.42. The topological polar surface area (TPSA) is 72.8 Å². The maximum atomic E-state index is 10.7. The molecular formula is C7H12O5. The van der Waals surface area contributed by atoms with E-state index in [9.17, 15) is 9.59 Å². The van der Waals surface area contributed by atoms with E-state index >= 15 is 0 Å². The first-order valence-electron chi connectivity index (χ1n) is 3.53. The molecule has 1 N–H and O–H groups in total. The number of ether oxygens (including phenoxy) is 2. The molecule has 70 valence electrons. The first-order chi connectivity index (χ1) is 5.61. The van der Waals surface area contributed by atoms with E-state index < -0.39 is 18.0 Å². The molecule has 0 aliphatic carbocycles. The van der Waals surface area contributed by atoms with Crippen molar-refractivity contribution in [3.05, 3.63) is 0 Å². The summed E-state index contributed by atoms with van der Waals surface area (Å²) in [4.78, 5) is 21.3. The van der Waals surface area contributed by atoms with E-state index in [-0.39, 0.29) is 13.0 Å². The maximum absolute atomic E-state index is 10.7. The van der Waals surface area contributed by atoms with E-state index in [1.807, 2.05) is 0 Å². The Labute approximate surface area is 70.3 Å². The highest BCUT2D eigenvalue weighted by Gasteiger charge is 2.19. The van der Waals surface area contributed by atoms with Crippen molar-refractivity contribution in [2.45, 2.75) is 19.4 Å². The lowest BCUT2D eigenvalue weighted by Crippen LogP contribution is -2.26. The average Bonchev–Trinajstić information content (AvgIpc) is 2.04. The lowest BCUT2D eigenvalue weighted by Gasteiger charge is -2.07. The number of methoxy groups -OCH3 is 1. The van der Waals surface area contributed by atoms with Gasteiger partial charge in [-0.25, -0.2) is 4.79 Å². The zero-order valence-corrected chi connectivity index (χ0v) is 7.07. The predicted octanol–water partition coefficient (Wildman–Crippen LogP) is -0.527. The first kappa shape index (κ1) is 10.9. The Morgan fingerprint density at radius 3 is 2.50 bits per heavy atom. The molecule has 0 aliphatic heterocycles. The third kappa shape index (κ3) is 3.92. The SMILES string of the molecule is CCOC(=O)C(O)CC(=O)OC. The van der Waals surface area contributed by atoms with E-state index in [0.717, 1.165) is 0 Å². The molecule has 0 aromatic heterocycles. The minimum Gasteiger partial charge on any atom is -0.469 e. The number of aliphatic hydroxyl groups is 1. The third-order valence-electron chi connectivity index (χ3n) is 1.15. The Balaban J connectivity index is 3.78. The van der Waals surface area contributed by atoms with Crippen LogP contribution in [-0.2, 0) is 19.1 Å². The first-order valence-corrected chi connectivity index (χ1v) is 3.53. The lowest BCUT2D eigenvalue weighted by atomic mass is 10.2. The second-order valence-corrected chi connectivity index (χ2v) is 2.05. The predicted molar refractivity (Wildman–Crippen MR) is 39.3 cm³/mol. The number of hydrogen-bond donors (Lipinski definition) is 1. The van der Waals surface area contributed by atoms with Crippen molar-refractivity contribution in [2.24, 2.45) is 0 Å². The van der Waals surface area contributed by atoms with Crippen LogP contribution in [0.15, 0.2) is 0 Å². The highest BCUT2D eigenvalue weighted by molar-refractivity contribution is 5.81. The number of carbonyl (C=O) groups excluding carboxylic acids is 2. The summed E-state index contributed by atoms with van der Waals surface area (Å²) in [6.07, 6.45) is -1.78. The Bertz CT molecular complexity index is 165. The number of rotatable bonds is 4. The molecule has 0 amide bonds. The Morgan fingerprint density at radius 2 is 2.08 bits per heavy atom. The molecule has 0 bridgehead atoms. The van der Waals surface area contributed by atoms with Crippen LogP contribution in [0.25, 0.3) is 0 Å².